The fraction of sp³-hybridized carbons (Fsp3) is 0.350. The van der Waals surface area contributed by atoms with Crippen LogP contribution in [-0.4, -0.2) is 37.1 Å². The standard InChI is InChI=1S/C20H23ClFN3O/c1-20(2,15-7-9-16(21)10-8-15)23-19(26)25-13-11-24(12-14-25)18-6-4-3-5-17(18)22/h3-10H,11-14H2,1-2H3,(H,23,26). The van der Waals surface area contributed by atoms with E-state index in [1.54, 1.807) is 17.0 Å². The Labute approximate surface area is 158 Å². The molecule has 1 saturated heterocycles. The molecule has 1 N–H and O–H groups in total. The Morgan fingerprint density at radius 3 is 2.27 bits per heavy atom. The van der Waals surface area contributed by atoms with Crippen LogP contribution in [0.2, 0.25) is 5.02 Å². The highest BCUT2D eigenvalue weighted by Gasteiger charge is 2.28. The second-order valence-electron chi connectivity index (χ2n) is 6.99. The van der Waals surface area contributed by atoms with Crippen LogP contribution in [0, 0.1) is 5.82 Å². The van der Waals surface area contributed by atoms with E-state index in [1.165, 1.54) is 6.07 Å². The molecule has 2 aromatic carbocycles. The maximum Gasteiger partial charge on any atom is 0.318 e. The van der Waals surface area contributed by atoms with Gasteiger partial charge in [-0.3, -0.25) is 0 Å². The van der Waals surface area contributed by atoms with Crippen LogP contribution in [-0.2, 0) is 5.54 Å². The average Bonchev–Trinajstić information content (AvgIpc) is 2.62. The summed E-state index contributed by atoms with van der Waals surface area (Å²) >= 11 is 5.94. The first-order valence-electron chi connectivity index (χ1n) is 8.69. The van der Waals surface area contributed by atoms with Gasteiger partial charge in [0, 0.05) is 31.2 Å². The maximum atomic E-state index is 13.9. The van der Waals surface area contributed by atoms with Crippen LogP contribution in [0.4, 0.5) is 14.9 Å². The first-order chi connectivity index (χ1) is 12.4. The Morgan fingerprint density at radius 2 is 1.65 bits per heavy atom. The van der Waals surface area contributed by atoms with Gasteiger partial charge in [-0.25, -0.2) is 9.18 Å². The van der Waals surface area contributed by atoms with Crippen molar-refractivity contribution in [1.29, 1.82) is 0 Å². The van der Waals surface area contributed by atoms with E-state index in [2.05, 4.69) is 5.32 Å². The second-order valence-corrected chi connectivity index (χ2v) is 7.42. The molecule has 3 rings (SSSR count). The van der Waals surface area contributed by atoms with Gasteiger partial charge in [0.1, 0.15) is 5.82 Å². The molecular formula is C20H23ClFN3O. The van der Waals surface area contributed by atoms with Crippen molar-refractivity contribution in [2.24, 2.45) is 0 Å². The molecule has 1 heterocycles. The number of amides is 2. The maximum absolute atomic E-state index is 13.9. The quantitative estimate of drug-likeness (QED) is 0.870. The number of rotatable bonds is 3. The lowest BCUT2D eigenvalue weighted by atomic mass is 9.94. The molecule has 0 spiro atoms. The van der Waals surface area contributed by atoms with E-state index < -0.39 is 5.54 Å². The molecule has 26 heavy (non-hydrogen) atoms. The molecular weight excluding hydrogens is 353 g/mol. The SMILES string of the molecule is CC(C)(NC(=O)N1CCN(c2ccccc2F)CC1)c1ccc(Cl)cc1. The number of carbonyl (C=O) groups is 1. The second kappa shape index (κ2) is 7.54. The van der Waals surface area contributed by atoms with Gasteiger partial charge in [0.2, 0.25) is 0 Å². The summed E-state index contributed by atoms with van der Waals surface area (Å²) < 4.78 is 13.9. The largest absolute Gasteiger partial charge is 0.366 e. The normalized spacial score (nSPS) is 15.1. The summed E-state index contributed by atoms with van der Waals surface area (Å²) in [5.74, 6) is -0.228. The lowest BCUT2D eigenvalue weighted by Crippen LogP contribution is -2.55. The van der Waals surface area contributed by atoms with Gasteiger partial charge in [0.05, 0.1) is 11.2 Å². The van der Waals surface area contributed by atoms with Gasteiger partial charge in [-0.1, -0.05) is 35.9 Å². The zero-order valence-corrected chi connectivity index (χ0v) is 15.8. The molecule has 2 aromatic rings. The van der Waals surface area contributed by atoms with Crippen LogP contribution in [0.1, 0.15) is 19.4 Å². The molecule has 0 unspecified atom stereocenters. The molecule has 4 nitrogen and oxygen atoms in total. The zero-order chi connectivity index (χ0) is 18.7. The Morgan fingerprint density at radius 1 is 1.04 bits per heavy atom. The molecule has 1 aliphatic heterocycles. The van der Waals surface area contributed by atoms with E-state index in [9.17, 15) is 9.18 Å². The molecule has 6 heteroatoms. The highest BCUT2D eigenvalue weighted by Crippen LogP contribution is 2.23. The smallest absolute Gasteiger partial charge is 0.318 e. The summed E-state index contributed by atoms with van der Waals surface area (Å²) in [4.78, 5) is 16.4. The third kappa shape index (κ3) is 4.10. The minimum atomic E-state index is -0.510. The van der Waals surface area contributed by atoms with Gasteiger partial charge in [-0.05, 0) is 43.7 Å². The number of urea groups is 1. The highest BCUT2D eigenvalue weighted by molar-refractivity contribution is 6.30. The molecule has 1 fully saturated rings. The minimum absolute atomic E-state index is 0.113. The molecule has 1 aliphatic rings. The Hall–Kier alpha value is -2.27. The van der Waals surface area contributed by atoms with Crippen LogP contribution in [0.25, 0.3) is 0 Å². The van der Waals surface area contributed by atoms with Gasteiger partial charge < -0.3 is 15.1 Å². The van der Waals surface area contributed by atoms with E-state index in [0.29, 0.717) is 36.9 Å². The van der Waals surface area contributed by atoms with Crippen molar-refractivity contribution in [2.45, 2.75) is 19.4 Å². The fourth-order valence-corrected chi connectivity index (χ4v) is 3.27. The fourth-order valence-electron chi connectivity index (χ4n) is 3.14. The van der Waals surface area contributed by atoms with Gasteiger partial charge >= 0.3 is 6.03 Å². The molecule has 0 atom stereocenters. The van der Waals surface area contributed by atoms with E-state index >= 15 is 0 Å². The number of halogens is 2. The Balaban J connectivity index is 1.60. The predicted octanol–water partition coefficient (Wildman–Crippen LogP) is 4.25. The highest BCUT2D eigenvalue weighted by atomic mass is 35.5. The van der Waals surface area contributed by atoms with Crippen molar-refractivity contribution in [1.82, 2.24) is 10.2 Å². The number of piperazine rings is 1. The number of anilines is 1. The summed E-state index contributed by atoms with van der Waals surface area (Å²) in [5, 5.41) is 3.75. The van der Waals surface area contributed by atoms with E-state index in [1.807, 2.05) is 49.1 Å². The number of hydrogen-bond donors (Lipinski definition) is 1. The summed E-state index contributed by atoms with van der Waals surface area (Å²) in [7, 11) is 0. The topological polar surface area (TPSA) is 35.6 Å². The third-order valence-corrected chi connectivity index (χ3v) is 5.00. The van der Waals surface area contributed by atoms with E-state index in [-0.39, 0.29) is 11.8 Å². The summed E-state index contributed by atoms with van der Waals surface area (Å²) in [6.07, 6.45) is 0. The summed E-state index contributed by atoms with van der Waals surface area (Å²) in [6, 6.07) is 14.1. The predicted molar refractivity (Wildman–Crippen MR) is 103 cm³/mol. The molecule has 138 valence electrons. The lowest BCUT2D eigenvalue weighted by molar-refractivity contribution is 0.183. The van der Waals surface area contributed by atoms with Crippen molar-refractivity contribution in [3.8, 4) is 0 Å². The first kappa shape index (κ1) is 18.5. The van der Waals surface area contributed by atoms with E-state index in [0.717, 1.165) is 5.56 Å². The van der Waals surface area contributed by atoms with Crippen LogP contribution in [0.5, 0.6) is 0 Å². The Kier molecular flexibility index (Phi) is 5.37. The Bertz CT molecular complexity index is 771. The van der Waals surface area contributed by atoms with Gasteiger partial charge in [-0.2, -0.15) is 0 Å². The summed E-state index contributed by atoms with van der Waals surface area (Å²) in [5.41, 5.74) is 1.07. The molecule has 0 radical (unpaired) electrons. The summed E-state index contributed by atoms with van der Waals surface area (Å²) in [6.45, 7) is 6.24. The van der Waals surface area contributed by atoms with Crippen LogP contribution >= 0.6 is 11.6 Å². The van der Waals surface area contributed by atoms with Crippen LogP contribution in [0.15, 0.2) is 48.5 Å². The van der Waals surface area contributed by atoms with Crippen molar-refractivity contribution < 1.29 is 9.18 Å². The van der Waals surface area contributed by atoms with Crippen molar-refractivity contribution in [3.63, 3.8) is 0 Å². The molecule has 0 aromatic heterocycles. The molecule has 0 bridgehead atoms. The van der Waals surface area contributed by atoms with Crippen molar-refractivity contribution in [3.05, 3.63) is 64.9 Å². The van der Waals surface area contributed by atoms with E-state index in [4.69, 9.17) is 11.6 Å². The zero-order valence-electron chi connectivity index (χ0n) is 15.0. The monoisotopic (exact) mass is 375 g/mol. The number of para-hydroxylation sites is 1. The van der Waals surface area contributed by atoms with Gasteiger partial charge in [-0.15, -0.1) is 0 Å². The number of nitrogens with zero attached hydrogens (tertiary/aromatic N) is 2. The van der Waals surface area contributed by atoms with Gasteiger partial charge in [0.15, 0.2) is 0 Å². The lowest BCUT2D eigenvalue weighted by Gasteiger charge is -2.38. The molecule has 0 aliphatic carbocycles. The molecule has 2 amide bonds. The first-order valence-corrected chi connectivity index (χ1v) is 9.07. The number of benzene rings is 2. The van der Waals surface area contributed by atoms with Crippen molar-refractivity contribution >= 4 is 23.3 Å². The number of carbonyl (C=O) groups excluding carboxylic acids is 1. The minimum Gasteiger partial charge on any atom is -0.366 e. The van der Waals surface area contributed by atoms with Crippen LogP contribution in [0.3, 0.4) is 0 Å². The average molecular weight is 376 g/mol. The molecule has 0 saturated carbocycles. The van der Waals surface area contributed by atoms with Gasteiger partial charge in [0.25, 0.3) is 0 Å². The third-order valence-electron chi connectivity index (χ3n) is 4.75. The van der Waals surface area contributed by atoms with Crippen molar-refractivity contribution in [2.75, 3.05) is 31.1 Å². The number of hydrogen-bond acceptors (Lipinski definition) is 2. The number of nitrogens with one attached hydrogen (secondary N) is 1. The van der Waals surface area contributed by atoms with Crippen LogP contribution < -0.4 is 10.2 Å².